The number of likely N-dealkylation sites (N-methyl/N-ethyl adjacent to an activating group) is 1. The maximum absolute atomic E-state index is 12.7. The van der Waals surface area contributed by atoms with E-state index in [9.17, 15) is 9.59 Å². The molecule has 3 aromatic rings. The van der Waals surface area contributed by atoms with E-state index in [1.54, 1.807) is 0 Å². The second-order valence-electron chi connectivity index (χ2n) is 8.22. The van der Waals surface area contributed by atoms with Gasteiger partial charge in [-0.1, -0.05) is 24.3 Å². The highest BCUT2D eigenvalue weighted by molar-refractivity contribution is 7.17. The van der Waals surface area contributed by atoms with Crippen LogP contribution in [-0.4, -0.2) is 54.8 Å². The van der Waals surface area contributed by atoms with E-state index in [0.29, 0.717) is 23.6 Å². The van der Waals surface area contributed by atoms with Gasteiger partial charge in [0.25, 0.3) is 11.8 Å². The Bertz CT molecular complexity index is 1150. The number of carbonyl (C=O) groups excluding carboxylic acids is 2. The Hall–Kier alpha value is -3.16. The first-order valence-electron chi connectivity index (χ1n) is 10.8. The molecule has 1 saturated heterocycles. The van der Waals surface area contributed by atoms with Crippen LogP contribution in [0, 0.1) is 0 Å². The number of hydrogen-bond acceptors (Lipinski definition) is 5. The summed E-state index contributed by atoms with van der Waals surface area (Å²) in [7, 11) is 2.07. The normalized spacial score (nSPS) is 15.5. The quantitative estimate of drug-likeness (QED) is 0.664. The fourth-order valence-corrected chi connectivity index (χ4v) is 5.15. The van der Waals surface area contributed by atoms with Crippen molar-refractivity contribution in [2.24, 2.45) is 0 Å². The van der Waals surface area contributed by atoms with Gasteiger partial charge in [0.1, 0.15) is 12.4 Å². The van der Waals surface area contributed by atoms with E-state index in [-0.39, 0.29) is 11.8 Å². The fraction of sp³-hybridized carbons (Fsp3) is 0.280. The molecule has 7 heteroatoms. The number of fused-ring (bicyclic) bond motifs is 3. The number of ether oxygens (including phenoxy) is 1. The Kier molecular flexibility index (Phi) is 5.68. The van der Waals surface area contributed by atoms with E-state index in [2.05, 4.69) is 17.3 Å². The molecule has 5 rings (SSSR count). The summed E-state index contributed by atoms with van der Waals surface area (Å²) < 4.78 is 5.79. The van der Waals surface area contributed by atoms with Crippen molar-refractivity contribution >= 4 is 23.2 Å². The molecule has 1 fully saturated rings. The molecule has 2 aromatic carbocycles. The number of amides is 2. The summed E-state index contributed by atoms with van der Waals surface area (Å²) in [6.45, 7) is 4.22. The minimum Gasteiger partial charge on any atom is -0.488 e. The Balaban J connectivity index is 1.21. The standard InChI is InChI=1S/C25H25N3O3S/c1-27-10-12-28(13-11-27)25(30)18-8-6-17(7-9-18)15-26-24(29)22-14-19-16-31-21-5-3-2-4-20(21)23(19)32-22/h2-9,14H,10-13,15-16H2,1H3,(H,26,29). The van der Waals surface area contributed by atoms with E-state index in [1.165, 1.54) is 11.3 Å². The van der Waals surface area contributed by atoms with Crippen LogP contribution in [0.3, 0.4) is 0 Å². The van der Waals surface area contributed by atoms with Crippen LogP contribution in [0.25, 0.3) is 10.4 Å². The third-order valence-electron chi connectivity index (χ3n) is 5.99. The molecule has 0 spiro atoms. The lowest BCUT2D eigenvalue weighted by Gasteiger charge is -2.32. The maximum Gasteiger partial charge on any atom is 0.261 e. The van der Waals surface area contributed by atoms with Gasteiger partial charge in [0.15, 0.2) is 0 Å². The van der Waals surface area contributed by atoms with Gasteiger partial charge in [-0.15, -0.1) is 11.3 Å². The molecular weight excluding hydrogens is 422 g/mol. The van der Waals surface area contributed by atoms with Gasteiger partial charge in [0.2, 0.25) is 0 Å². The van der Waals surface area contributed by atoms with Crippen molar-refractivity contribution in [3.63, 3.8) is 0 Å². The van der Waals surface area contributed by atoms with Crippen LogP contribution >= 0.6 is 11.3 Å². The Labute approximate surface area is 191 Å². The predicted octanol–water partition coefficient (Wildman–Crippen LogP) is 3.63. The number of piperazine rings is 1. The van der Waals surface area contributed by atoms with Crippen molar-refractivity contribution in [3.05, 3.63) is 76.2 Å². The number of hydrogen-bond donors (Lipinski definition) is 1. The summed E-state index contributed by atoms with van der Waals surface area (Å²) in [6.07, 6.45) is 0. The highest BCUT2D eigenvalue weighted by Crippen LogP contribution is 2.42. The summed E-state index contributed by atoms with van der Waals surface area (Å²) in [4.78, 5) is 31.3. The van der Waals surface area contributed by atoms with Crippen molar-refractivity contribution < 1.29 is 14.3 Å². The van der Waals surface area contributed by atoms with Gasteiger partial charge in [-0.25, -0.2) is 0 Å². The SMILES string of the molecule is CN1CCN(C(=O)c2ccc(CNC(=O)c3cc4c(s3)-c3ccccc3OC4)cc2)CC1. The number of nitrogens with zero attached hydrogens (tertiary/aromatic N) is 2. The van der Waals surface area contributed by atoms with Gasteiger partial charge in [-0.2, -0.15) is 0 Å². The first-order valence-corrected chi connectivity index (χ1v) is 11.6. The Morgan fingerprint density at radius 1 is 1.03 bits per heavy atom. The monoisotopic (exact) mass is 447 g/mol. The smallest absolute Gasteiger partial charge is 0.261 e. The Morgan fingerprint density at radius 2 is 1.78 bits per heavy atom. The maximum atomic E-state index is 12.7. The number of rotatable bonds is 4. The van der Waals surface area contributed by atoms with Gasteiger partial charge < -0.3 is 19.9 Å². The zero-order valence-electron chi connectivity index (χ0n) is 18.0. The number of benzene rings is 2. The van der Waals surface area contributed by atoms with Gasteiger partial charge >= 0.3 is 0 Å². The van der Waals surface area contributed by atoms with Crippen LogP contribution in [0.4, 0.5) is 0 Å². The molecule has 6 nitrogen and oxygen atoms in total. The molecule has 2 aliphatic rings. The third-order valence-corrected chi connectivity index (χ3v) is 7.20. The van der Waals surface area contributed by atoms with Crippen molar-refractivity contribution in [2.75, 3.05) is 33.2 Å². The third kappa shape index (κ3) is 4.13. The molecule has 0 unspecified atom stereocenters. The van der Waals surface area contributed by atoms with Gasteiger partial charge in [-0.05, 0) is 42.9 Å². The van der Waals surface area contributed by atoms with Crippen LogP contribution in [0.5, 0.6) is 5.75 Å². The van der Waals surface area contributed by atoms with Crippen molar-refractivity contribution in [1.29, 1.82) is 0 Å². The molecule has 0 radical (unpaired) electrons. The Morgan fingerprint density at radius 3 is 2.56 bits per heavy atom. The molecule has 1 aromatic heterocycles. The molecule has 32 heavy (non-hydrogen) atoms. The van der Waals surface area contributed by atoms with Gasteiger partial charge in [0.05, 0.1) is 4.88 Å². The van der Waals surface area contributed by atoms with E-state index in [0.717, 1.165) is 53.5 Å². The van der Waals surface area contributed by atoms with E-state index in [4.69, 9.17) is 4.74 Å². The second kappa shape index (κ2) is 8.76. The predicted molar refractivity (Wildman–Crippen MR) is 125 cm³/mol. The van der Waals surface area contributed by atoms with E-state index in [1.807, 2.05) is 59.5 Å². The summed E-state index contributed by atoms with van der Waals surface area (Å²) in [6, 6.07) is 17.3. The van der Waals surface area contributed by atoms with E-state index < -0.39 is 0 Å². The molecule has 0 aliphatic carbocycles. The highest BCUT2D eigenvalue weighted by atomic mass is 32.1. The molecule has 1 N–H and O–H groups in total. The summed E-state index contributed by atoms with van der Waals surface area (Å²) in [5.41, 5.74) is 3.74. The molecular formula is C25H25N3O3S. The minimum atomic E-state index is -0.0977. The van der Waals surface area contributed by atoms with Crippen LogP contribution in [0.1, 0.15) is 31.2 Å². The zero-order chi connectivity index (χ0) is 22.1. The van der Waals surface area contributed by atoms with Crippen molar-refractivity contribution in [2.45, 2.75) is 13.2 Å². The molecule has 0 saturated carbocycles. The van der Waals surface area contributed by atoms with Crippen molar-refractivity contribution in [3.8, 4) is 16.2 Å². The average molecular weight is 448 g/mol. The lowest BCUT2D eigenvalue weighted by atomic mass is 10.1. The number of thiophene rings is 1. The van der Waals surface area contributed by atoms with Gasteiger partial charge in [-0.3, -0.25) is 9.59 Å². The molecule has 164 valence electrons. The zero-order valence-corrected chi connectivity index (χ0v) is 18.8. The first kappa shape index (κ1) is 20.7. The molecule has 0 atom stereocenters. The topological polar surface area (TPSA) is 61.9 Å². The first-order chi connectivity index (χ1) is 15.6. The second-order valence-corrected chi connectivity index (χ2v) is 9.28. The number of para-hydroxylation sites is 1. The molecule has 3 heterocycles. The summed E-state index contributed by atoms with van der Waals surface area (Å²) in [5.74, 6) is 0.833. The number of nitrogens with one attached hydrogen (secondary N) is 1. The average Bonchev–Trinajstić information content (AvgIpc) is 3.28. The van der Waals surface area contributed by atoms with E-state index >= 15 is 0 Å². The largest absolute Gasteiger partial charge is 0.488 e. The summed E-state index contributed by atoms with van der Waals surface area (Å²) in [5, 5.41) is 3.00. The van der Waals surface area contributed by atoms with Crippen LogP contribution in [0.2, 0.25) is 0 Å². The van der Waals surface area contributed by atoms with Crippen molar-refractivity contribution in [1.82, 2.24) is 15.1 Å². The van der Waals surface area contributed by atoms with Crippen LogP contribution in [0.15, 0.2) is 54.6 Å². The lowest BCUT2D eigenvalue weighted by Crippen LogP contribution is -2.47. The fourth-order valence-electron chi connectivity index (χ4n) is 4.04. The number of carbonyl (C=O) groups is 2. The van der Waals surface area contributed by atoms with Crippen LogP contribution < -0.4 is 10.1 Å². The molecule has 2 aliphatic heterocycles. The summed E-state index contributed by atoms with van der Waals surface area (Å²) >= 11 is 1.50. The highest BCUT2D eigenvalue weighted by Gasteiger charge is 2.23. The van der Waals surface area contributed by atoms with Crippen LogP contribution in [-0.2, 0) is 13.2 Å². The molecule has 0 bridgehead atoms. The molecule has 2 amide bonds. The van der Waals surface area contributed by atoms with Gasteiger partial charge in [0, 0.05) is 54.3 Å². The minimum absolute atomic E-state index is 0.0698. The lowest BCUT2D eigenvalue weighted by molar-refractivity contribution is 0.0664.